The molecule has 1 aliphatic rings. The van der Waals surface area contributed by atoms with Crippen LogP contribution in [0.25, 0.3) is 0 Å². The Hall–Kier alpha value is -0.560. The molecule has 1 aliphatic heterocycles. The van der Waals surface area contributed by atoms with E-state index in [-0.39, 0.29) is 10.8 Å². The van der Waals surface area contributed by atoms with Crippen LogP contribution >= 0.6 is 0 Å². The fourth-order valence-electron chi connectivity index (χ4n) is 3.15. The predicted octanol–water partition coefficient (Wildman–Crippen LogP) is 2.89. The third-order valence-electron chi connectivity index (χ3n) is 4.71. The van der Waals surface area contributed by atoms with Gasteiger partial charge in [-0.2, -0.15) is 0 Å². The molecule has 0 aliphatic carbocycles. The van der Waals surface area contributed by atoms with Crippen LogP contribution in [0.3, 0.4) is 0 Å². The van der Waals surface area contributed by atoms with Crippen LogP contribution in [0.2, 0.25) is 0 Å². The molecule has 1 N–H and O–H groups in total. The van der Waals surface area contributed by atoms with Crippen LogP contribution in [0.1, 0.15) is 58.6 Å². The molecule has 1 aromatic heterocycles. The van der Waals surface area contributed by atoms with Crippen LogP contribution < -0.4 is 4.72 Å². The largest absolute Gasteiger partial charge is 0.598 e. The molecular weight excluding hydrogens is 320 g/mol. The number of imidazole rings is 1. The fourth-order valence-corrected chi connectivity index (χ4v) is 4.13. The molecule has 0 radical (unpaired) electrons. The Balaban J connectivity index is 2.12. The van der Waals surface area contributed by atoms with Crippen molar-refractivity contribution in [2.24, 2.45) is 11.8 Å². The van der Waals surface area contributed by atoms with Crippen molar-refractivity contribution in [2.75, 3.05) is 20.1 Å². The minimum absolute atomic E-state index is 0.0104. The lowest BCUT2D eigenvalue weighted by molar-refractivity contribution is 0.376. The summed E-state index contributed by atoms with van der Waals surface area (Å²) in [6, 6.07) is 0.0104. The standard InChI is InChI=1S/C18H34N4OS/c1-13(2)17(20-24(23)18(4,5)6)16-12-22(14(3)19-16)11-15-8-9-21(7)10-15/h12-13,15,17,20H,8-11H2,1-7H3/t15?,17-,24-/m0/s1. The van der Waals surface area contributed by atoms with Gasteiger partial charge in [-0.25, -0.2) is 4.98 Å². The Bertz CT molecular complexity index is 538. The second-order valence-corrected chi connectivity index (χ2v) is 10.5. The molecule has 1 unspecified atom stereocenters. The summed E-state index contributed by atoms with van der Waals surface area (Å²) in [6.45, 7) is 15.7. The second kappa shape index (κ2) is 7.77. The van der Waals surface area contributed by atoms with Gasteiger partial charge in [0.05, 0.1) is 11.7 Å². The minimum Gasteiger partial charge on any atom is -0.598 e. The van der Waals surface area contributed by atoms with Gasteiger partial charge in [0.1, 0.15) is 10.6 Å². The van der Waals surface area contributed by atoms with E-state index in [1.807, 2.05) is 20.8 Å². The lowest BCUT2D eigenvalue weighted by Crippen LogP contribution is -2.42. The molecule has 2 rings (SSSR count). The van der Waals surface area contributed by atoms with E-state index in [0.717, 1.165) is 24.6 Å². The maximum absolute atomic E-state index is 12.5. The van der Waals surface area contributed by atoms with E-state index in [1.165, 1.54) is 13.0 Å². The van der Waals surface area contributed by atoms with Crippen molar-refractivity contribution in [3.8, 4) is 0 Å². The molecule has 0 aromatic carbocycles. The van der Waals surface area contributed by atoms with Crippen LogP contribution in [0.4, 0.5) is 0 Å². The van der Waals surface area contributed by atoms with Gasteiger partial charge in [-0.15, -0.1) is 4.72 Å². The van der Waals surface area contributed by atoms with Crippen molar-refractivity contribution in [1.29, 1.82) is 0 Å². The first-order valence-corrected chi connectivity index (χ1v) is 10.1. The van der Waals surface area contributed by atoms with Gasteiger partial charge in [-0.05, 0) is 59.5 Å². The lowest BCUT2D eigenvalue weighted by atomic mass is 10.0. The van der Waals surface area contributed by atoms with Gasteiger partial charge in [0.2, 0.25) is 0 Å². The first-order chi connectivity index (χ1) is 11.1. The van der Waals surface area contributed by atoms with E-state index < -0.39 is 11.4 Å². The maximum atomic E-state index is 12.5. The summed E-state index contributed by atoms with van der Waals surface area (Å²) in [5.41, 5.74) is 1.01. The third kappa shape index (κ3) is 4.97. The number of likely N-dealkylation sites (tertiary alicyclic amines) is 1. The number of nitrogens with one attached hydrogen (secondary N) is 1. The Morgan fingerprint density at radius 1 is 1.42 bits per heavy atom. The second-order valence-electron chi connectivity index (χ2n) is 8.50. The number of nitrogens with zero attached hydrogens (tertiary/aromatic N) is 3. The average Bonchev–Trinajstić information content (AvgIpc) is 3.01. The molecule has 6 heteroatoms. The van der Waals surface area contributed by atoms with Crippen LogP contribution in [-0.2, 0) is 17.9 Å². The molecule has 0 spiro atoms. The van der Waals surface area contributed by atoms with E-state index in [0.29, 0.717) is 11.8 Å². The summed E-state index contributed by atoms with van der Waals surface area (Å²) in [6.07, 6.45) is 3.41. The third-order valence-corrected chi connectivity index (χ3v) is 6.29. The maximum Gasteiger partial charge on any atom is 0.136 e. The van der Waals surface area contributed by atoms with Gasteiger partial charge in [0.15, 0.2) is 0 Å². The summed E-state index contributed by atoms with van der Waals surface area (Å²) in [7, 11) is 2.19. The van der Waals surface area contributed by atoms with Gasteiger partial charge in [-0.3, -0.25) is 0 Å². The van der Waals surface area contributed by atoms with Gasteiger partial charge in [-0.1, -0.05) is 13.8 Å². The monoisotopic (exact) mass is 354 g/mol. The number of hydrogen-bond donors (Lipinski definition) is 1. The van der Waals surface area contributed by atoms with Gasteiger partial charge >= 0.3 is 0 Å². The molecule has 1 saturated heterocycles. The molecule has 0 saturated carbocycles. The smallest absolute Gasteiger partial charge is 0.136 e. The average molecular weight is 355 g/mol. The predicted molar refractivity (Wildman–Crippen MR) is 101 cm³/mol. The van der Waals surface area contributed by atoms with Crippen LogP contribution in [0.15, 0.2) is 6.20 Å². The van der Waals surface area contributed by atoms with Crippen molar-refractivity contribution in [3.63, 3.8) is 0 Å². The summed E-state index contributed by atoms with van der Waals surface area (Å²) in [5, 5.41) is 0. The zero-order chi connectivity index (χ0) is 18.1. The Labute approximate surface area is 150 Å². The van der Waals surface area contributed by atoms with Gasteiger partial charge in [0, 0.05) is 30.6 Å². The van der Waals surface area contributed by atoms with Crippen LogP contribution in [-0.4, -0.2) is 43.9 Å². The molecule has 3 atom stereocenters. The van der Waals surface area contributed by atoms with E-state index in [2.05, 4.69) is 48.2 Å². The number of hydrogen-bond acceptors (Lipinski definition) is 4. The summed E-state index contributed by atoms with van der Waals surface area (Å²) in [5.74, 6) is 2.08. The molecule has 138 valence electrons. The minimum atomic E-state index is -1.10. The van der Waals surface area contributed by atoms with E-state index in [9.17, 15) is 4.55 Å². The van der Waals surface area contributed by atoms with Gasteiger partial charge in [0.25, 0.3) is 0 Å². The normalized spacial score (nSPS) is 22.3. The Kier molecular flexibility index (Phi) is 6.40. The van der Waals surface area contributed by atoms with E-state index >= 15 is 0 Å². The molecule has 1 fully saturated rings. The molecular formula is C18H34N4OS. The van der Waals surface area contributed by atoms with Crippen molar-refractivity contribution in [2.45, 2.75) is 65.3 Å². The molecule has 1 aromatic rings. The molecule has 24 heavy (non-hydrogen) atoms. The zero-order valence-electron chi connectivity index (χ0n) is 16.3. The first-order valence-electron chi connectivity index (χ1n) is 8.98. The van der Waals surface area contributed by atoms with E-state index in [4.69, 9.17) is 4.98 Å². The Morgan fingerprint density at radius 2 is 2.08 bits per heavy atom. The van der Waals surface area contributed by atoms with Crippen LogP contribution in [0, 0.1) is 18.8 Å². The SMILES string of the molecule is Cc1nc([C@@H](N[S@@+]([O-])C(C)(C)C)C(C)C)cn1CC1CCN(C)C1. The molecule has 2 heterocycles. The highest BCUT2D eigenvalue weighted by Gasteiger charge is 2.32. The fraction of sp³-hybridized carbons (Fsp3) is 0.833. The first kappa shape index (κ1) is 19.8. The lowest BCUT2D eigenvalue weighted by Gasteiger charge is -2.28. The zero-order valence-corrected chi connectivity index (χ0v) is 17.1. The highest BCUT2D eigenvalue weighted by molar-refractivity contribution is 7.90. The topological polar surface area (TPSA) is 56.2 Å². The van der Waals surface area contributed by atoms with Crippen molar-refractivity contribution in [3.05, 3.63) is 17.7 Å². The quantitative estimate of drug-likeness (QED) is 0.798. The summed E-state index contributed by atoms with van der Waals surface area (Å²) in [4.78, 5) is 7.17. The molecule has 5 nitrogen and oxygen atoms in total. The summed E-state index contributed by atoms with van der Waals surface area (Å²) >= 11 is -1.10. The number of rotatable bonds is 6. The number of aryl methyl sites for hydroxylation is 1. The highest BCUT2D eigenvalue weighted by Crippen LogP contribution is 2.26. The van der Waals surface area contributed by atoms with Gasteiger partial charge < -0.3 is 14.0 Å². The number of aromatic nitrogens is 2. The molecule has 0 amide bonds. The van der Waals surface area contributed by atoms with Crippen molar-refractivity contribution >= 4 is 11.4 Å². The van der Waals surface area contributed by atoms with Crippen LogP contribution in [0.5, 0.6) is 0 Å². The van der Waals surface area contributed by atoms with E-state index in [1.54, 1.807) is 0 Å². The van der Waals surface area contributed by atoms with Crippen molar-refractivity contribution < 1.29 is 4.55 Å². The molecule has 0 bridgehead atoms. The summed E-state index contributed by atoms with van der Waals surface area (Å²) < 4.78 is 17.8. The highest BCUT2D eigenvalue weighted by atomic mass is 32.2. The Morgan fingerprint density at radius 3 is 2.58 bits per heavy atom. The van der Waals surface area contributed by atoms with Crippen molar-refractivity contribution in [1.82, 2.24) is 19.2 Å².